The molecule has 0 saturated carbocycles. The van der Waals surface area contributed by atoms with E-state index < -0.39 is 18.0 Å². The molecule has 0 bridgehead atoms. The Labute approximate surface area is 69.9 Å². The van der Waals surface area contributed by atoms with Gasteiger partial charge in [0.2, 0.25) is 0 Å². The molecule has 5 nitrogen and oxygen atoms in total. The van der Waals surface area contributed by atoms with Gasteiger partial charge in [-0.3, -0.25) is 0 Å². The van der Waals surface area contributed by atoms with Crippen molar-refractivity contribution in [1.29, 1.82) is 0 Å². The summed E-state index contributed by atoms with van der Waals surface area (Å²) in [6, 6.07) is -1.88. The maximum Gasteiger partial charge on any atom is 0.327 e. The first kappa shape index (κ1) is 10.3. The van der Waals surface area contributed by atoms with E-state index >= 15 is 0 Å². The summed E-state index contributed by atoms with van der Waals surface area (Å²) in [5.41, 5.74) is 4.74. The van der Waals surface area contributed by atoms with Crippen LogP contribution in [0.15, 0.2) is 0 Å². The molecule has 2 amide bonds. The Bertz CT molecular complexity index is 239. The predicted octanol–water partition coefficient (Wildman–Crippen LogP) is -0.479. The van der Waals surface area contributed by atoms with E-state index in [1.54, 1.807) is 6.92 Å². The second-order valence-corrected chi connectivity index (χ2v) is 2.03. The van der Waals surface area contributed by atoms with Crippen molar-refractivity contribution in [2.75, 3.05) is 0 Å². The number of rotatable bonds is 3. The summed E-state index contributed by atoms with van der Waals surface area (Å²) in [6.07, 6.45) is 0.0643. The van der Waals surface area contributed by atoms with Crippen molar-refractivity contribution in [3.8, 4) is 11.8 Å². The minimum Gasteiger partial charge on any atom is -0.480 e. The molecule has 0 aliphatic carbocycles. The van der Waals surface area contributed by atoms with Crippen molar-refractivity contribution in [2.45, 2.75) is 19.4 Å². The standard InChI is InChI=1S/C7H10N2O3/c1-2-3-4-5(6(10)11)9-7(8)12/h5H,4H2,1H3,(H,10,11)(H3,8,9,12). The average Bonchev–Trinajstić information content (AvgIpc) is 1.96. The van der Waals surface area contributed by atoms with Crippen LogP contribution in [0.1, 0.15) is 13.3 Å². The van der Waals surface area contributed by atoms with Crippen LogP contribution in [-0.2, 0) is 4.79 Å². The van der Waals surface area contributed by atoms with E-state index in [9.17, 15) is 9.59 Å². The molecule has 1 unspecified atom stereocenters. The highest BCUT2D eigenvalue weighted by molar-refractivity contribution is 5.81. The Hall–Kier alpha value is -1.70. The first-order valence-electron chi connectivity index (χ1n) is 3.26. The van der Waals surface area contributed by atoms with E-state index in [1.165, 1.54) is 0 Å². The molecule has 5 heteroatoms. The molecule has 0 aromatic rings. The fourth-order valence-electron chi connectivity index (χ4n) is 0.576. The minimum absolute atomic E-state index is 0.0643. The third-order valence-corrected chi connectivity index (χ3v) is 1.10. The van der Waals surface area contributed by atoms with Gasteiger partial charge in [0.15, 0.2) is 0 Å². The van der Waals surface area contributed by atoms with E-state index in [1.807, 2.05) is 0 Å². The number of carboxylic acids is 1. The summed E-state index contributed by atoms with van der Waals surface area (Å²) in [6.45, 7) is 1.59. The molecule has 12 heavy (non-hydrogen) atoms. The van der Waals surface area contributed by atoms with Gasteiger partial charge < -0.3 is 16.2 Å². The highest BCUT2D eigenvalue weighted by Crippen LogP contribution is 1.89. The summed E-state index contributed by atoms with van der Waals surface area (Å²) >= 11 is 0. The lowest BCUT2D eigenvalue weighted by Gasteiger charge is -2.08. The van der Waals surface area contributed by atoms with Crippen LogP contribution < -0.4 is 11.1 Å². The second-order valence-electron chi connectivity index (χ2n) is 2.03. The number of primary amides is 1. The van der Waals surface area contributed by atoms with Crippen LogP contribution in [-0.4, -0.2) is 23.1 Å². The number of amides is 2. The molecule has 0 aromatic carbocycles. The first-order valence-corrected chi connectivity index (χ1v) is 3.26. The van der Waals surface area contributed by atoms with Gasteiger partial charge in [-0.2, -0.15) is 0 Å². The van der Waals surface area contributed by atoms with Gasteiger partial charge in [0, 0.05) is 6.42 Å². The van der Waals surface area contributed by atoms with Gasteiger partial charge in [0.25, 0.3) is 0 Å². The van der Waals surface area contributed by atoms with Crippen LogP contribution in [0.2, 0.25) is 0 Å². The molecule has 1 atom stereocenters. The van der Waals surface area contributed by atoms with Crippen LogP contribution in [0.5, 0.6) is 0 Å². The van der Waals surface area contributed by atoms with Crippen molar-refractivity contribution in [2.24, 2.45) is 5.73 Å². The fraction of sp³-hybridized carbons (Fsp3) is 0.429. The fourth-order valence-corrected chi connectivity index (χ4v) is 0.576. The Kier molecular flexibility index (Phi) is 4.31. The zero-order chi connectivity index (χ0) is 9.56. The Morgan fingerprint density at radius 2 is 2.25 bits per heavy atom. The minimum atomic E-state index is -1.14. The van der Waals surface area contributed by atoms with Crippen molar-refractivity contribution < 1.29 is 14.7 Å². The number of nitrogens with one attached hydrogen (secondary N) is 1. The van der Waals surface area contributed by atoms with Crippen molar-refractivity contribution >= 4 is 12.0 Å². The molecule has 0 aliphatic rings. The maximum absolute atomic E-state index is 10.4. The molecule has 0 heterocycles. The lowest BCUT2D eigenvalue weighted by molar-refractivity contribution is -0.139. The number of hydrogen-bond acceptors (Lipinski definition) is 2. The Balaban J connectivity index is 4.10. The van der Waals surface area contributed by atoms with Crippen molar-refractivity contribution in [1.82, 2.24) is 5.32 Å². The monoisotopic (exact) mass is 170 g/mol. The first-order chi connectivity index (χ1) is 5.57. The molecule has 66 valence electrons. The number of hydrogen-bond donors (Lipinski definition) is 3. The molecular weight excluding hydrogens is 160 g/mol. The van der Waals surface area contributed by atoms with Crippen molar-refractivity contribution in [3.63, 3.8) is 0 Å². The van der Waals surface area contributed by atoms with Gasteiger partial charge in [-0.05, 0) is 6.92 Å². The van der Waals surface area contributed by atoms with E-state index in [0.717, 1.165) is 0 Å². The van der Waals surface area contributed by atoms with Gasteiger partial charge in [-0.25, -0.2) is 9.59 Å². The van der Waals surface area contributed by atoms with E-state index in [0.29, 0.717) is 0 Å². The summed E-state index contributed by atoms with van der Waals surface area (Å²) in [7, 11) is 0. The van der Waals surface area contributed by atoms with Gasteiger partial charge >= 0.3 is 12.0 Å². The van der Waals surface area contributed by atoms with Crippen molar-refractivity contribution in [3.05, 3.63) is 0 Å². The zero-order valence-corrected chi connectivity index (χ0v) is 6.63. The summed E-state index contributed by atoms with van der Waals surface area (Å²) in [5.74, 6) is 3.91. The Morgan fingerprint density at radius 3 is 2.58 bits per heavy atom. The molecule has 0 aliphatic heterocycles. The van der Waals surface area contributed by atoms with E-state index in [-0.39, 0.29) is 6.42 Å². The van der Waals surface area contributed by atoms with Crippen LogP contribution in [0, 0.1) is 11.8 Å². The van der Waals surface area contributed by atoms with Gasteiger partial charge in [-0.15, -0.1) is 11.8 Å². The molecule has 0 radical (unpaired) electrons. The normalized spacial score (nSPS) is 10.8. The SMILES string of the molecule is CC#CCC(NC(N)=O)C(=O)O. The summed E-state index contributed by atoms with van der Waals surface area (Å²) in [4.78, 5) is 20.7. The van der Waals surface area contributed by atoms with Gasteiger partial charge in [0.1, 0.15) is 6.04 Å². The number of carboxylic acid groups (broad SMARTS) is 1. The molecule has 0 rings (SSSR count). The molecule has 0 fully saturated rings. The predicted molar refractivity (Wildman–Crippen MR) is 42.2 cm³/mol. The smallest absolute Gasteiger partial charge is 0.327 e. The summed E-state index contributed by atoms with van der Waals surface area (Å²) < 4.78 is 0. The second kappa shape index (κ2) is 5.02. The van der Waals surface area contributed by atoms with Crippen LogP contribution >= 0.6 is 0 Å². The number of carbonyl (C=O) groups is 2. The number of nitrogens with two attached hydrogens (primary N) is 1. The number of aliphatic carboxylic acids is 1. The van der Waals surface area contributed by atoms with Gasteiger partial charge in [0.05, 0.1) is 0 Å². The van der Waals surface area contributed by atoms with E-state index in [2.05, 4.69) is 17.2 Å². The molecule has 4 N–H and O–H groups in total. The lowest BCUT2D eigenvalue weighted by Crippen LogP contribution is -2.43. The highest BCUT2D eigenvalue weighted by Gasteiger charge is 2.16. The lowest BCUT2D eigenvalue weighted by atomic mass is 10.2. The Morgan fingerprint density at radius 1 is 1.67 bits per heavy atom. The highest BCUT2D eigenvalue weighted by atomic mass is 16.4. The average molecular weight is 170 g/mol. The third kappa shape index (κ3) is 4.17. The van der Waals surface area contributed by atoms with E-state index in [4.69, 9.17) is 10.8 Å². The molecule has 0 spiro atoms. The van der Waals surface area contributed by atoms with Crippen LogP contribution in [0.3, 0.4) is 0 Å². The molecule has 0 aromatic heterocycles. The third-order valence-electron chi connectivity index (χ3n) is 1.10. The summed E-state index contributed by atoms with van der Waals surface area (Å²) in [5, 5.41) is 10.6. The van der Waals surface area contributed by atoms with Gasteiger partial charge in [-0.1, -0.05) is 0 Å². The molecule has 0 saturated heterocycles. The van der Waals surface area contributed by atoms with Crippen LogP contribution in [0.25, 0.3) is 0 Å². The quantitative estimate of drug-likeness (QED) is 0.499. The topological polar surface area (TPSA) is 92.4 Å². The molecular formula is C7H10N2O3. The maximum atomic E-state index is 10.4. The number of urea groups is 1. The van der Waals surface area contributed by atoms with Crippen LogP contribution in [0.4, 0.5) is 4.79 Å². The zero-order valence-electron chi connectivity index (χ0n) is 6.63. The largest absolute Gasteiger partial charge is 0.480 e. The number of carbonyl (C=O) groups excluding carboxylic acids is 1.